The molecule has 0 bridgehead atoms. The third-order valence-electron chi connectivity index (χ3n) is 0.0833. The Bertz CT molecular complexity index is 65.1. The summed E-state index contributed by atoms with van der Waals surface area (Å²) in [4.78, 5) is 9.46. The SMILES string of the molecule is [2H]C([2H])([2H])CC=O. The molecule has 0 N–H and O–H groups in total. The van der Waals surface area contributed by atoms with Gasteiger partial charge in [0.05, 0.1) is 0 Å². The van der Waals surface area contributed by atoms with E-state index >= 15 is 0 Å². The Hall–Kier alpha value is -0.330. The zero-order valence-corrected chi connectivity index (χ0v) is 2.19. The Kier molecular flexibility index (Phi) is 0.543. The van der Waals surface area contributed by atoms with Gasteiger partial charge in [-0.2, -0.15) is 0 Å². The standard InChI is InChI=1S/C3H6O/c1-2-3-4/h3H,2H2,1H3/i1D3. The van der Waals surface area contributed by atoms with Gasteiger partial charge in [0.2, 0.25) is 0 Å². The molecule has 24 valence electrons. The van der Waals surface area contributed by atoms with E-state index in [0.29, 0.717) is 6.29 Å². The number of carbonyl (C=O) groups is 1. The normalized spacial score (nSPS) is 20.5. The summed E-state index contributed by atoms with van der Waals surface area (Å²) in [6.07, 6.45) is 0.0556. The molecule has 0 saturated heterocycles. The van der Waals surface area contributed by atoms with Gasteiger partial charge >= 0.3 is 0 Å². The predicted octanol–water partition coefficient (Wildman–Crippen LogP) is 0.595. The molecule has 0 radical (unpaired) electrons. The highest BCUT2D eigenvalue weighted by Gasteiger charge is 1.52. The smallest absolute Gasteiger partial charge is 0.119 e. The summed E-state index contributed by atoms with van der Waals surface area (Å²) in [6, 6.07) is 0. The van der Waals surface area contributed by atoms with Crippen LogP contribution in [-0.4, -0.2) is 6.29 Å². The Morgan fingerprint density at radius 1 is 2.50 bits per heavy atom. The molecular weight excluding hydrogens is 52.0 g/mol. The van der Waals surface area contributed by atoms with Crippen LogP contribution in [0.5, 0.6) is 0 Å². The van der Waals surface area contributed by atoms with Crippen LogP contribution < -0.4 is 0 Å². The lowest BCUT2D eigenvalue weighted by Crippen LogP contribution is -1.55. The summed E-state index contributed by atoms with van der Waals surface area (Å²) in [5, 5.41) is 0. The van der Waals surface area contributed by atoms with Crippen molar-refractivity contribution in [3.8, 4) is 0 Å². The van der Waals surface area contributed by atoms with E-state index in [9.17, 15) is 4.79 Å². The van der Waals surface area contributed by atoms with Gasteiger partial charge in [-0.15, -0.1) is 0 Å². The van der Waals surface area contributed by atoms with Gasteiger partial charge in [0.1, 0.15) is 6.29 Å². The van der Waals surface area contributed by atoms with E-state index in [1.165, 1.54) is 0 Å². The van der Waals surface area contributed by atoms with E-state index < -0.39 is 6.85 Å². The predicted molar refractivity (Wildman–Crippen MR) is 16.4 cm³/mol. The number of hydrogen-bond donors (Lipinski definition) is 0. The van der Waals surface area contributed by atoms with Crippen LogP contribution in [0.3, 0.4) is 0 Å². The van der Waals surface area contributed by atoms with Gasteiger partial charge in [0, 0.05) is 10.5 Å². The van der Waals surface area contributed by atoms with Crippen molar-refractivity contribution in [1.82, 2.24) is 0 Å². The summed E-state index contributed by atoms with van der Waals surface area (Å²) < 4.78 is 19.3. The Morgan fingerprint density at radius 2 is 3.25 bits per heavy atom. The molecule has 0 aliphatic heterocycles. The van der Waals surface area contributed by atoms with Crippen LogP contribution in [0.1, 0.15) is 17.4 Å². The Morgan fingerprint density at radius 3 is 3.25 bits per heavy atom. The van der Waals surface area contributed by atoms with Crippen LogP contribution in [0.2, 0.25) is 0 Å². The van der Waals surface area contributed by atoms with Crippen LogP contribution in [0.15, 0.2) is 0 Å². The van der Waals surface area contributed by atoms with E-state index in [1.807, 2.05) is 0 Å². The van der Waals surface area contributed by atoms with Gasteiger partial charge in [0.15, 0.2) is 0 Å². The second-order valence-electron chi connectivity index (χ2n) is 0.371. The molecule has 0 saturated carbocycles. The third-order valence-corrected chi connectivity index (χ3v) is 0.0833. The molecule has 0 aromatic heterocycles. The fourth-order valence-corrected chi connectivity index (χ4v) is 0. The summed E-state index contributed by atoms with van der Waals surface area (Å²) in [5.74, 6) is 0. The molecule has 0 atom stereocenters. The minimum atomic E-state index is -2.07. The van der Waals surface area contributed by atoms with Crippen LogP contribution in [0, 0.1) is 0 Å². The van der Waals surface area contributed by atoms with Crippen molar-refractivity contribution in [3.05, 3.63) is 0 Å². The molecule has 4 heavy (non-hydrogen) atoms. The molecule has 0 unspecified atom stereocenters. The molecule has 0 aromatic carbocycles. The van der Waals surface area contributed by atoms with Crippen molar-refractivity contribution in [1.29, 1.82) is 0 Å². The average molecular weight is 61.1 g/mol. The van der Waals surface area contributed by atoms with Gasteiger partial charge in [-0.25, -0.2) is 0 Å². The fraction of sp³-hybridized carbons (Fsp3) is 0.667. The van der Waals surface area contributed by atoms with Crippen molar-refractivity contribution < 1.29 is 8.91 Å². The third kappa shape index (κ3) is 1.67. The number of hydrogen-bond acceptors (Lipinski definition) is 1. The molecule has 0 aliphatic rings. The second kappa shape index (κ2) is 2.67. The van der Waals surface area contributed by atoms with Gasteiger partial charge < -0.3 is 4.79 Å². The summed E-state index contributed by atoms with van der Waals surface area (Å²) in [7, 11) is 0. The van der Waals surface area contributed by atoms with Crippen molar-refractivity contribution in [2.45, 2.75) is 13.3 Å². The average Bonchev–Trinajstić information content (AvgIpc) is 1.30. The second-order valence-corrected chi connectivity index (χ2v) is 0.371. The molecule has 0 aromatic rings. The van der Waals surface area contributed by atoms with E-state index in [-0.39, 0.29) is 6.42 Å². The highest BCUT2D eigenvalue weighted by Crippen LogP contribution is 1.53. The minimum Gasteiger partial charge on any atom is -0.303 e. The molecule has 0 spiro atoms. The Balaban J connectivity index is 3.34. The zero-order chi connectivity index (χ0) is 5.91. The molecule has 0 fully saturated rings. The van der Waals surface area contributed by atoms with Crippen molar-refractivity contribution in [2.75, 3.05) is 0 Å². The van der Waals surface area contributed by atoms with Gasteiger partial charge in [-0.3, -0.25) is 0 Å². The topological polar surface area (TPSA) is 17.1 Å². The highest BCUT2D eigenvalue weighted by molar-refractivity contribution is 5.48. The maximum Gasteiger partial charge on any atom is 0.119 e. The molecular formula is C3H6O. The number of rotatable bonds is 1. The summed E-state index contributed by atoms with van der Waals surface area (Å²) in [5.41, 5.74) is 0. The molecule has 0 heterocycles. The van der Waals surface area contributed by atoms with Crippen LogP contribution in [-0.2, 0) is 4.79 Å². The lowest BCUT2D eigenvalue weighted by molar-refractivity contribution is -0.107. The molecule has 0 amide bonds. The van der Waals surface area contributed by atoms with E-state index in [4.69, 9.17) is 4.11 Å². The quantitative estimate of drug-likeness (QED) is 0.406. The fourth-order valence-electron chi connectivity index (χ4n) is 0. The van der Waals surface area contributed by atoms with E-state index in [0.717, 1.165) is 0 Å². The first-order chi connectivity index (χ1) is 3.06. The van der Waals surface area contributed by atoms with Crippen molar-refractivity contribution >= 4 is 6.29 Å². The van der Waals surface area contributed by atoms with E-state index in [1.54, 1.807) is 0 Å². The van der Waals surface area contributed by atoms with Crippen LogP contribution >= 0.6 is 0 Å². The minimum absolute atomic E-state index is 0.340. The number of carbonyl (C=O) groups excluding carboxylic acids is 1. The lowest BCUT2D eigenvalue weighted by atomic mass is 10.6. The maximum atomic E-state index is 9.46. The van der Waals surface area contributed by atoms with Crippen LogP contribution in [0.25, 0.3) is 0 Å². The maximum absolute atomic E-state index is 9.46. The van der Waals surface area contributed by atoms with Gasteiger partial charge in [-0.1, -0.05) is 6.85 Å². The monoisotopic (exact) mass is 61.1 g/mol. The summed E-state index contributed by atoms with van der Waals surface area (Å²) >= 11 is 0. The van der Waals surface area contributed by atoms with Crippen molar-refractivity contribution in [3.63, 3.8) is 0 Å². The van der Waals surface area contributed by atoms with Gasteiger partial charge in [0.25, 0.3) is 0 Å². The summed E-state index contributed by atoms with van der Waals surface area (Å²) in [6.45, 7) is -2.07. The lowest BCUT2D eigenvalue weighted by Gasteiger charge is -1.51. The zero-order valence-electron chi connectivity index (χ0n) is 5.19. The highest BCUT2D eigenvalue weighted by atomic mass is 16.1. The number of aldehydes is 1. The van der Waals surface area contributed by atoms with E-state index in [2.05, 4.69) is 0 Å². The van der Waals surface area contributed by atoms with Crippen LogP contribution in [0.4, 0.5) is 0 Å². The first-order valence-electron chi connectivity index (χ1n) is 2.50. The molecule has 0 aliphatic carbocycles. The van der Waals surface area contributed by atoms with Crippen molar-refractivity contribution in [2.24, 2.45) is 0 Å². The first-order valence-corrected chi connectivity index (χ1v) is 0.998. The largest absolute Gasteiger partial charge is 0.303 e. The molecule has 1 heteroatoms. The van der Waals surface area contributed by atoms with Gasteiger partial charge in [-0.05, 0) is 0 Å². The molecule has 0 rings (SSSR count). The molecule has 1 nitrogen and oxygen atoms in total. The Labute approximate surface area is 29.8 Å². The first kappa shape index (κ1) is 0.814.